The number of methoxy groups -OCH3 is 1. The molecule has 5 aromatic rings. The average molecular weight is 532 g/mol. The molecule has 0 aliphatic rings. The van der Waals surface area contributed by atoms with Crippen molar-refractivity contribution in [3.8, 4) is 28.6 Å². The van der Waals surface area contributed by atoms with E-state index in [1.54, 1.807) is 31.4 Å². The van der Waals surface area contributed by atoms with Gasteiger partial charge in [0.25, 0.3) is 11.1 Å². The van der Waals surface area contributed by atoms with Crippen LogP contribution in [0.3, 0.4) is 0 Å². The van der Waals surface area contributed by atoms with Gasteiger partial charge in [0.15, 0.2) is 0 Å². The van der Waals surface area contributed by atoms with Crippen LogP contribution >= 0.6 is 23.4 Å². The molecule has 186 valence electrons. The molecule has 2 aromatic heterocycles. The second kappa shape index (κ2) is 11.3. The van der Waals surface area contributed by atoms with E-state index in [-0.39, 0.29) is 11.7 Å². The quantitative estimate of drug-likeness (QED) is 0.232. The lowest BCUT2D eigenvalue weighted by Crippen LogP contribution is -2.13. The molecule has 2 heterocycles. The molecule has 5 rings (SSSR count). The highest BCUT2D eigenvalue weighted by atomic mass is 35.5. The van der Waals surface area contributed by atoms with Crippen LogP contribution < -0.4 is 10.1 Å². The second-order valence-corrected chi connectivity index (χ2v) is 9.37. The lowest BCUT2D eigenvalue weighted by atomic mass is 10.1. The van der Waals surface area contributed by atoms with E-state index in [0.29, 0.717) is 34.1 Å². The van der Waals surface area contributed by atoms with Gasteiger partial charge >= 0.3 is 0 Å². The Labute approximate surface area is 222 Å². The van der Waals surface area contributed by atoms with Crippen LogP contribution in [0.1, 0.15) is 5.56 Å². The third kappa shape index (κ3) is 6.19. The van der Waals surface area contributed by atoms with Crippen LogP contribution in [0.25, 0.3) is 22.8 Å². The zero-order valence-electron chi connectivity index (χ0n) is 19.8. The minimum Gasteiger partial charge on any atom is -0.497 e. The Bertz CT molecular complexity index is 1490. The molecule has 37 heavy (non-hydrogen) atoms. The van der Waals surface area contributed by atoms with E-state index in [1.165, 1.54) is 0 Å². The van der Waals surface area contributed by atoms with Gasteiger partial charge in [-0.1, -0.05) is 53.7 Å². The number of hydrogen-bond acceptors (Lipinski definition) is 7. The summed E-state index contributed by atoms with van der Waals surface area (Å²) in [6.45, 7) is 0.528. The van der Waals surface area contributed by atoms with Gasteiger partial charge in [0.2, 0.25) is 5.91 Å². The summed E-state index contributed by atoms with van der Waals surface area (Å²) in [5.74, 6) is 1.02. The molecule has 0 radical (unpaired) electrons. The summed E-state index contributed by atoms with van der Waals surface area (Å²) in [7, 11) is 1.63. The van der Waals surface area contributed by atoms with E-state index in [4.69, 9.17) is 25.9 Å². The molecule has 0 aliphatic carbocycles. The standard InChI is InChI=1S/C27H22ClN5O3S/c1-35-22-13-7-19(8-14-22)23-15-24(33(32-23)16-18-5-3-2-4-6-18)26-30-31-27(36-26)37-17-25(34)29-21-11-9-20(28)10-12-21/h2-15H,16-17H2,1H3,(H,29,34). The highest BCUT2D eigenvalue weighted by molar-refractivity contribution is 7.99. The third-order valence-corrected chi connectivity index (χ3v) is 6.49. The van der Waals surface area contributed by atoms with Gasteiger partial charge in [0.1, 0.15) is 11.4 Å². The summed E-state index contributed by atoms with van der Waals surface area (Å²) < 4.78 is 13.0. The molecule has 0 spiro atoms. The molecule has 0 atom stereocenters. The van der Waals surface area contributed by atoms with Crippen LogP contribution in [-0.4, -0.2) is 38.7 Å². The molecule has 0 bridgehead atoms. The van der Waals surface area contributed by atoms with Crippen LogP contribution in [-0.2, 0) is 11.3 Å². The molecule has 0 fully saturated rings. The van der Waals surface area contributed by atoms with Gasteiger partial charge in [-0.15, -0.1) is 10.2 Å². The van der Waals surface area contributed by atoms with Crippen LogP contribution in [0.2, 0.25) is 5.02 Å². The number of benzene rings is 3. The lowest BCUT2D eigenvalue weighted by Gasteiger charge is -2.05. The first-order valence-electron chi connectivity index (χ1n) is 11.4. The molecule has 0 aliphatic heterocycles. The largest absolute Gasteiger partial charge is 0.497 e. The number of anilines is 1. The molecule has 1 N–H and O–H groups in total. The zero-order valence-corrected chi connectivity index (χ0v) is 21.4. The van der Waals surface area contributed by atoms with E-state index in [0.717, 1.165) is 34.3 Å². The number of ether oxygens (including phenoxy) is 1. The summed E-state index contributed by atoms with van der Waals surface area (Å²) >= 11 is 7.05. The molecule has 3 aromatic carbocycles. The van der Waals surface area contributed by atoms with Crippen LogP contribution in [0.15, 0.2) is 94.6 Å². The number of carbonyl (C=O) groups is 1. The summed E-state index contributed by atoms with van der Waals surface area (Å²) in [6, 6.07) is 26.5. The SMILES string of the molecule is COc1ccc(-c2cc(-c3nnc(SCC(=O)Nc4ccc(Cl)cc4)o3)n(Cc3ccccc3)n2)cc1. The van der Waals surface area contributed by atoms with Gasteiger partial charge in [-0.05, 0) is 60.2 Å². The van der Waals surface area contributed by atoms with Crippen molar-refractivity contribution in [1.29, 1.82) is 0 Å². The van der Waals surface area contributed by atoms with Gasteiger partial charge in [-0.3, -0.25) is 9.48 Å². The molecular formula is C27H22ClN5O3S. The Kier molecular flexibility index (Phi) is 7.53. The van der Waals surface area contributed by atoms with Gasteiger partial charge in [0, 0.05) is 16.3 Å². The number of hydrogen-bond donors (Lipinski definition) is 1. The average Bonchev–Trinajstić information content (AvgIpc) is 3.57. The molecule has 0 saturated carbocycles. The van der Waals surface area contributed by atoms with Crippen molar-refractivity contribution in [2.45, 2.75) is 11.8 Å². The molecule has 0 saturated heterocycles. The van der Waals surface area contributed by atoms with Gasteiger partial charge in [-0.2, -0.15) is 5.10 Å². The fraction of sp³-hybridized carbons (Fsp3) is 0.111. The smallest absolute Gasteiger partial charge is 0.277 e. The maximum absolute atomic E-state index is 12.3. The number of carbonyl (C=O) groups excluding carboxylic acids is 1. The lowest BCUT2D eigenvalue weighted by molar-refractivity contribution is -0.113. The van der Waals surface area contributed by atoms with Crippen molar-refractivity contribution < 1.29 is 13.9 Å². The number of halogens is 1. The van der Waals surface area contributed by atoms with Crippen LogP contribution in [0.5, 0.6) is 5.75 Å². The van der Waals surface area contributed by atoms with Crippen molar-refractivity contribution in [3.63, 3.8) is 0 Å². The van der Waals surface area contributed by atoms with E-state index >= 15 is 0 Å². The maximum Gasteiger partial charge on any atom is 0.277 e. The summed E-state index contributed by atoms with van der Waals surface area (Å²) in [5, 5.41) is 16.9. The highest BCUT2D eigenvalue weighted by Gasteiger charge is 2.18. The number of amides is 1. The number of thioether (sulfide) groups is 1. The fourth-order valence-electron chi connectivity index (χ4n) is 3.60. The first-order chi connectivity index (χ1) is 18.1. The molecule has 10 heteroatoms. The summed E-state index contributed by atoms with van der Waals surface area (Å²) in [6.07, 6.45) is 0. The molecule has 0 unspecified atom stereocenters. The Morgan fingerprint density at radius 2 is 1.78 bits per heavy atom. The van der Waals surface area contributed by atoms with Crippen LogP contribution in [0.4, 0.5) is 5.69 Å². The maximum atomic E-state index is 12.3. The minimum atomic E-state index is -0.192. The van der Waals surface area contributed by atoms with Crippen molar-refractivity contribution in [3.05, 3.63) is 95.5 Å². The second-order valence-electron chi connectivity index (χ2n) is 8.00. The number of nitrogens with one attached hydrogen (secondary N) is 1. The minimum absolute atomic E-state index is 0.116. The topological polar surface area (TPSA) is 95.1 Å². The molecule has 8 nitrogen and oxygen atoms in total. The number of aromatic nitrogens is 4. The van der Waals surface area contributed by atoms with Crippen molar-refractivity contribution >= 4 is 35.0 Å². The van der Waals surface area contributed by atoms with Crippen molar-refractivity contribution in [2.75, 3.05) is 18.2 Å². The monoisotopic (exact) mass is 531 g/mol. The predicted octanol–water partition coefficient (Wildman–Crippen LogP) is 6.04. The van der Waals surface area contributed by atoms with Crippen LogP contribution in [0, 0.1) is 0 Å². The van der Waals surface area contributed by atoms with Gasteiger partial charge in [-0.25, -0.2) is 0 Å². The Hall–Kier alpha value is -4.08. The van der Waals surface area contributed by atoms with Crippen molar-refractivity contribution in [1.82, 2.24) is 20.0 Å². The summed E-state index contributed by atoms with van der Waals surface area (Å²) in [5.41, 5.74) is 4.13. The third-order valence-electron chi connectivity index (χ3n) is 5.42. The fourth-order valence-corrected chi connectivity index (χ4v) is 4.29. The first-order valence-corrected chi connectivity index (χ1v) is 12.7. The first kappa shape index (κ1) is 24.6. The van der Waals surface area contributed by atoms with Gasteiger partial charge in [0.05, 0.1) is 25.1 Å². The zero-order chi connectivity index (χ0) is 25.6. The summed E-state index contributed by atoms with van der Waals surface area (Å²) in [4.78, 5) is 12.3. The van der Waals surface area contributed by atoms with E-state index < -0.39 is 0 Å². The predicted molar refractivity (Wildman–Crippen MR) is 144 cm³/mol. The highest BCUT2D eigenvalue weighted by Crippen LogP contribution is 2.29. The Balaban J connectivity index is 1.34. The molecule has 1 amide bonds. The Morgan fingerprint density at radius 3 is 2.51 bits per heavy atom. The van der Waals surface area contributed by atoms with E-state index in [9.17, 15) is 4.79 Å². The Morgan fingerprint density at radius 1 is 1.03 bits per heavy atom. The van der Waals surface area contributed by atoms with E-state index in [1.807, 2.05) is 65.3 Å². The molecular weight excluding hydrogens is 510 g/mol. The van der Waals surface area contributed by atoms with E-state index in [2.05, 4.69) is 15.5 Å². The number of nitrogens with zero attached hydrogens (tertiary/aromatic N) is 4. The van der Waals surface area contributed by atoms with Crippen molar-refractivity contribution in [2.24, 2.45) is 0 Å². The van der Waals surface area contributed by atoms with Gasteiger partial charge < -0.3 is 14.5 Å². The number of rotatable bonds is 9. The normalized spacial score (nSPS) is 10.9.